The van der Waals surface area contributed by atoms with Gasteiger partial charge in [-0.3, -0.25) is 9.59 Å². The third-order valence-corrected chi connectivity index (χ3v) is 7.03. The Balaban J connectivity index is 1.46. The van der Waals surface area contributed by atoms with Crippen molar-refractivity contribution in [2.24, 2.45) is 11.8 Å². The van der Waals surface area contributed by atoms with Gasteiger partial charge in [0.1, 0.15) is 17.5 Å². The van der Waals surface area contributed by atoms with Crippen LogP contribution in [0.1, 0.15) is 54.2 Å². The Morgan fingerprint density at radius 1 is 1.06 bits per heavy atom. The quantitative estimate of drug-likeness (QED) is 0.553. The molecule has 4 rings (SSSR count). The second-order valence-electron chi connectivity index (χ2n) is 9.95. The number of nitrogens with zero attached hydrogens (tertiary/aromatic N) is 2. The number of benzene rings is 2. The minimum Gasteiger partial charge on any atom is -0.497 e. The van der Waals surface area contributed by atoms with Crippen LogP contribution in [-0.2, 0) is 11.3 Å². The largest absolute Gasteiger partial charge is 0.497 e. The lowest BCUT2D eigenvalue weighted by atomic mass is 9.92. The number of rotatable bonds is 9. The molecule has 7 nitrogen and oxygen atoms in total. The van der Waals surface area contributed by atoms with E-state index in [9.17, 15) is 9.59 Å². The van der Waals surface area contributed by atoms with Crippen molar-refractivity contribution in [2.75, 3.05) is 40.4 Å². The predicted octanol–water partition coefficient (Wildman–Crippen LogP) is 3.89. The molecular formula is C28H37N3O4. The Morgan fingerprint density at radius 3 is 2.51 bits per heavy atom. The summed E-state index contributed by atoms with van der Waals surface area (Å²) < 4.78 is 10.9. The standard InChI is InChI=1S/C28H37N3O4/c1-19-14-20(2)17-30(16-19)13-7-12-29-27(32)26-23-8-5-6-9-24(23)28(33)31(26)18-21-15-22(34-3)10-11-25(21)35-4/h5-6,8-11,15,19-20,26H,7,12-14,16-18H2,1-4H3,(H,29,32)/t19-,20+,26-/m1/s1. The Kier molecular flexibility index (Phi) is 7.96. The predicted molar refractivity (Wildman–Crippen MR) is 136 cm³/mol. The van der Waals surface area contributed by atoms with E-state index >= 15 is 0 Å². The van der Waals surface area contributed by atoms with Crippen molar-refractivity contribution in [1.82, 2.24) is 15.1 Å². The molecule has 0 aliphatic carbocycles. The molecule has 35 heavy (non-hydrogen) atoms. The summed E-state index contributed by atoms with van der Waals surface area (Å²) in [6.07, 6.45) is 2.17. The van der Waals surface area contributed by atoms with E-state index in [0.29, 0.717) is 23.6 Å². The van der Waals surface area contributed by atoms with Gasteiger partial charge in [-0.1, -0.05) is 32.0 Å². The molecule has 2 aliphatic heterocycles. The molecule has 0 radical (unpaired) electrons. The highest BCUT2D eigenvalue weighted by Crippen LogP contribution is 2.37. The number of hydrogen-bond acceptors (Lipinski definition) is 5. The zero-order chi connectivity index (χ0) is 24.9. The van der Waals surface area contributed by atoms with Crippen LogP contribution in [0.5, 0.6) is 11.5 Å². The van der Waals surface area contributed by atoms with Crippen molar-refractivity contribution in [1.29, 1.82) is 0 Å². The van der Waals surface area contributed by atoms with E-state index in [1.807, 2.05) is 36.4 Å². The van der Waals surface area contributed by atoms with Crippen LogP contribution in [0.2, 0.25) is 0 Å². The number of hydrogen-bond donors (Lipinski definition) is 1. The SMILES string of the molecule is COc1ccc(OC)c(CN2C(=O)c3ccccc3[C@@H]2C(=O)NCCCN2C[C@H](C)C[C@H](C)C2)c1. The summed E-state index contributed by atoms with van der Waals surface area (Å²) in [4.78, 5) is 30.9. The lowest BCUT2D eigenvalue weighted by Crippen LogP contribution is -2.41. The number of nitrogens with one attached hydrogen (secondary N) is 1. The zero-order valence-corrected chi connectivity index (χ0v) is 21.3. The monoisotopic (exact) mass is 479 g/mol. The summed E-state index contributed by atoms with van der Waals surface area (Å²) >= 11 is 0. The highest BCUT2D eigenvalue weighted by atomic mass is 16.5. The molecule has 0 spiro atoms. The third-order valence-electron chi connectivity index (χ3n) is 7.03. The molecule has 2 aromatic rings. The molecular weight excluding hydrogens is 442 g/mol. The summed E-state index contributed by atoms with van der Waals surface area (Å²) in [5, 5.41) is 3.10. The number of fused-ring (bicyclic) bond motifs is 1. The van der Waals surface area contributed by atoms with E-state index < -0.39 is 6.04 Å². The lowest BCUT2D eigenvalue weighted by molar-refractivity contribution is -0.125. The van der Waals surface area contributed by atoms with Gasteiger partial charge in [-0.05, 0) is 61.1 Å². The van der Waals surface area contributed by atoms with Gasteiger partial charge >= 0.3 is 0 Å². The molecule has 2 amide bonds. The lowest BCUT2D eigenvalue weighted by Gasteiger charge is -2.35. The molecule has 2 aromatic carbocycles. The van der Waals surface area contributed by atoms with Crippen molar-refractivity contribution in [3.05, 3.63) is 59.2 Å². The summed E-state index contributed by atoms with van der Waals surface area (Å²) in [6.45, 7) is 8.67. The minimum absolute atomic E-state index is 0.148. The van der Waals surface area contributed by atoms with Gasteiger partial charge in [0.05, 0.1) is 20.8 Å². The van der Waals surface area contributed by atoms with Crippen molar-refractivity contribution < 1.29 is 19.1 Å². The second-order valence-corrected chi connectivity index (χ2v) is 9.95. The van der Waals surface area contributed by atoms with Gasteiger partial charge < -0.3 is 24.6 Å². The molecule has 3 atom stereocenters. The van der Waals surface area contributed by atoms with Crippen molar-refractivity contribution in [3.8, 4) is 11.5 Å². The molecule has 1 N–H and O–H groups in total. The fourth-order valence-electron chi connectivity index (χ4n) is 5.59. The maximum absolute atomic E-state index is 13.4. The minimum atomic E-state index is -0.676. The molecule has 0 saturated carbocycles. The van der Waals surface area contributed by atoms with Crippen molar-refractivity contribution >= 4 is 11.8 Å². The second kappa shape index (κ2) is 11.1. The number of amides is 2. The fraction of sp³-hybridized carbons (Fsp3) is 0.500. The Labute approximate surface area is 208 Å². The first-order valence-corrected chi connectivity index (χ1v) is 12.5. The number of methoxy groups -OCH3 is 2. The number of carbonyl (C=O) groups is 2. The van der Waals surface area contributed by atoms with E-state index in [2.05, 4.69) is 24.1 Å². The molecule has 0 aromatic heterocycles. The van der Waals surface area contributed by atoms with Crippen LogP contribution in [-0.4, -0.2) is 62.0 Å². The normalized spacial score (nSPS) is 22.1. The van der Waals surface area contributed by atoms with Gasteiger partial charge in [-0.2, -0.15) is 0 Å². The van der Waals surface area contributed by atoms with Crippen LogP contribution in [0.3, 0.4) is 0 Å². The Bertz CT molecular complexity index is 1050. The molecule has 188 valence electrons. The smallest absolute Gasteiger partial charge is 0.255 e. The van der Waals surface area contributed by atoms with Crippen LogP contribution < -0.4 is 14.8 Å². The van der Waals surface area contributed by atoms with Crippen LogP contribution in [0, 0.1) is 11.8 Å². The number of likely N-dealkylation sites (tertiary alicyclic amines) is 1. The molecule has 1 fully saturated rings. The average Bonchev–Trinajstić information content (AvgIpc) is 3.12. The maximum Gasteiger partial charge on any atom is 0.255 e. The van der Waals surface area contributed by atoms with Gasteiger partial charge in [0, 0.05) is 30.8 Å². The van der Waals surface area contributed by atoms with E-state index in [-0.39, 0.29) is 18.4 Å². The molecule has 2 aliphatic rings. The maximum atomic E-state index is 13.4. The fourth-order valence-corrected chi connectivity index (χ4v) is 5.59. The summed E-state index contributed by atoms with van der Waals surface area (Å²) in [7, 11) is 3.20. The van der Waals surface area contributed by atoms with E-state index in [1.165, 1.54) is 6.42 Å². The first-order chi connectivity index (χ1) is 16.9. The highest BCUT2D eigenvalue weighted by molar-refractivity contribution is 6.04. The van der Waals surface area contributed by atoms with Gasteiger partial charge in [-0.15, -0.1) is 0 Å². The van der Waals surface area contributed by atoms with Gasteiger partial charge in [0.15, 0.2) is 0 Å². The van der Waals surface area contributed by atoms with E-state index in [0.717, 1.165) is 49.0 Å². The zero-order valence-electron chi connectivity index (χ0n) is 21.3. The highest BCUT2D eigenvalue weighted by Gasteiger charge is 2.41. The summed E-state index contributed by atoms with van der Waals surface area (Å²) in [5.41, 5.74) is 2.11. The number of piperidine rings is 1. The Morgan fingerprint density at radius 2 is 1.80 bits per heavy atom. The van der Waals surface area contributed by atoms with Crippen LogP contribution in [0.15, 0.2) is 42.5 Å². The average molecular weight is 480 g/mol. The van der Waals surface area contributed by atoms with Crippen molar-refractivity contribution in [3.63, 3.8) is 0 Å². The third kappa shape index (κ3) is 5.61. The van der Waals surface area contributed by atoms with Crippen LogP contribution >= 0.6 is 0 Å². The van der Waals surface area contributed by atoms with Crippen LogP contribution in [0.4, 0.5) is 0 Å². The molecule has 0 unspecified atom stereocenters. The molecule has 1 saturated heterocycles. The first kappa shape index (κ1) is 25.0. The van der Waals surface area contributed by atoms with Gasteiger partial charge in [-0.25, -0.2) is 0 Å². The van der Waals surface area contributed by atoms with Crippen LogP contribution in [0.25, 0.3) is 0 Å². The summed E-state index contributed by atoms with van der Waals surface area (Å²) in [5.74, 6) is 2.46. The first-order valence-electron chi connectivity index (χ1n) is 12.5. The van der Waals surface area contributed by atoms with E-state index in [1.54, 1.807) is 25.2 Å². The summed E-state index contributed by atoms with van der Waals surface area (Å²) in [6, 6.07) is 12.2. The molecule has 2 heterocycles. The van der Waals surface area contributed by atoms with Crippen molar-refractivity contribution in [2.45, 2.75) is 39.3 Å². The molecule has 0 bridgehead atoms. The van der Waals surface area contributed by atoms with E-state index in [4.69, 9.17) is 9.47 Å². The number of carbonyl (C=O) groups excluding carboxylic acids is 2. The number of ether oxygens (including phenoxy) is 2. The Hall–Kier alpha value is -3.06. The molecule has 7 heteroatoms. The van der Waals surface area contributed by atoms with Gasteiger partial charge in [0.2, 0.25) is 5.91 Å². The van der Waals surface area contributed by atoms with Gasteiger partial charge in [0.25, 0.3) is 5.91 Å². The topological polar surface area (TPSA) is 71.1 Å².